The molecule has 0 saturated carbocycles. The van der Waals surface area contributed by atoms with E-state index in [2.05, 4.69) is 4.31 Å². The molecule has 0 atom stereocenters. The third kappa shape index (κ3) is 23.8. The summed E-state index contributed by atoms with van der Waals surface area (Å²) >= 11 is 2.36. The zero-order chi connectivity index (χ0) is 12.0. The first-order chi connectivity index (χ1) is 5.98. The third-order valence-corrected chi connectivity index (χ3v) is 3.01. The van der Waals surface area contributed by atoms with Crippen LogP contribution in [-0.2, 0) is 13.4 Å². The Morgan fingerprint density at radius 3 is 1.29 bits per heavy atom. The Morgan fingerprint density at radius 2 is 1.29 bits per heavy atom. The van der Waals surface area contributed by atoms with Crippen LogP contribution in [0.1, 0.15) is 0 Å². The van der Waals surface area contributed by atoms with E-state index in [1.807, 2.05) is 0 Å². The van der Waals surface area contributed by atoms with E-state index in [4.69, 9.17) is 24.7 Å². The van der Waals surface area contributed by atoms with Crippen LogP contribution in [0.15, 0.2) is 0 Å². The molecule has 5 N–H and O–H groups in total. The second kappa shape index (κ2) is 8.33. The van der Waals surface area contributed by atoms with Crippen molar-refractivity contribution in [1.29, 1.82) is 0 Å². The molecule has 0 aliphatic rings. The van der Waals surface area contributed by atoms with Crippen LogP contribution in [0, 0.1) is 0 Å². The van der Waals surface area contributed by atoms with Crippen LogP contribution >= 0.6 is 15.6 Å². The fraction of sp³-hybridized carbons (Fsp3) is 1.00. The van der Waals surface area contributed by atoms with E-state index in [1.54, 1.807) is 0 Å². The van der Waals surface area contributed by atoms with E-state index >= 15 is 0 Å². The molecule has 0 amide bonds. The molecule has 0 heterocycles. The van der Waals surface area contributed by atoms with Crippen LogP contribution in [0.5, 0.6) is 0 Å². The van der Waals surface area contributed by atoms with Gasteiger partial charge in [-0.25, -0.2) is 9.13 Å². The Morgan fingerprint density at radius 1 is 1.07 bits per heavy atom. The van der Waals surface area contributed by atoms with Crippen molar-refractivity contribution in [3.63, 3.8) is 0 Å². The van der Waals surface area contributed by atoms with Gasteiger partial charge in [0, 0.05) is 0 Å². The Balaban J connectivity index is 0. The molecular formula is C2H8Na2O8P2. The van der Waals surface area contributed by atoms with Gasteiger partial charge in [0.15, 0.2) is 0 Å². The van der Waals surface area contributed by atoms with Crippen molar-refractivity contribution in [2.24, 2.45) is 0 Å². The van der Waals surface area contributed by atoms with Gasteiger partial charge in [0.1, 0.15) is 0 Å². The summed E-state index contributed by atoms with van der Waals surface area (Å²) in [6.45, 7) is 0.429. The Kier molecular flexibility index (Phi) is 11.1. The standard InChI is InChI=1S/C2H4O.2Na.H4O7P2/c1-2-3;;;1-8(2,3)7-9(4,5)6/h1,3H,2H2;;;(H2,1,2,3)(H2,4,5,6). The maximum atomic E-state index is 9.63. The number of rotatable bonds is 3. The van der Waals surface area contributed by atoms with Crippen LogP contribution in [0.3, 0.4) is 0 Å². The van der Waals surface area contributed by atoms with E-state index in [-0.39, 0.29) is 0 Å². The summed E-state index contributed by atoms with van der Waals surface area (Å²) < 4.78 is 22.9. The quantitative estimate of drug-likeness (QED) is 0.299. The minimum absolute atomic E-state index is 0.429. The van der Waals surface area contributed by atoms with Gasteiger partial charge in [-0.05, 0) is 0 Å². The zero-order valence-corrected chi connectivity index (χ0v) is 13.4. The predicted octanol–water partition coefficient (Wildman–Crippen LogP) is -1.75. The Hall–Kier alpha value is 2.22. The second-order valence-electron chi connectivity index (χ2n) is 2.64. The van der Waals surface area contributed by atoms with Crippen LogP contribution in [0.25, 0.3) is 0 Å². The van der Waals surface area contributed by atoms with Gasteiger partial charge < -0.3 is 19.6 Å². The van der Waals surface area contributed by atoms with Gasteiger partial charge in [0.25, 0.3) is 0 Å². The summed E-state index contributed by atoms with van der Waals surface area (Å²) in [5.74, 6) is 0. The average Bonchev–Trinajstić information content (AvgIpc) is 1.80. The molecule has 0 aliphatic carbocycles. The molecule has 0 aromatic heterocycles. The van der Waals surface area contributed by atoms with Gasteiger partial charge in [0.2, 0.25) is 0 Å². The van der Waals surface area contributed by atoms with Gasteiger partial charge in [-0.2, -0.15) is 4.31 Å². The van der Waals surface area contributed by atoms with E-state index in [9.17, 15) is 9.13 Å². The Bertz CT molecular complexity index is 209. The first kappa shape index (κ1) is 18.6. The number of aliphatic hydroxyl groups excluding tert-OH is 1. The molecule has 0 spiro atoms. The molecule has 76 valence electrons. The molecular weight excluding hydrogens is 260 g/mol. The van der Waals surface area contributed by atoms with Crippen LogP contribution in [0.2, 0.25) is 0.417 Å². The van der Waals surface area contributed by atoms with E-state index in [1.165, 1.54) is 55.9 Å². The fourth-order valence-corrected chi connectivity index (χ4v) is 1.25. The molecule has 8 nitrogen and oxygen atoms in total. The van der Waals surface area contributed by atoms with Gasteiger partial charge in [-0.3, -0.25) is 0 Å². The molecule has 0 radical (unpaired) electrons. The van der Waals surface area contributed by atoms with Crippen molar-refractivity contribution in [3.8, 4) is 0 Å². The molecule has 14 heavy (non-hydrogen) atoms. The van der Waals surface area contributed by atoms with E-state index in [0.717, 1.165) is 0.417 Å². The molecule has 0 rings (SSSR count). The van der Waals surface area contributed by atoms with Crippen molar-refractivity contribution in [3.05, 3.63) is 0 Å². The molecule has 0 aromatic rings. The van der Waals surface area contributed by atoms with Crippen molar-refractivity contribution in [2.75, 3.05) is 6.61 Å². The number of hydrogen-bond donors (Lipinski definition) is 5. The number of aliphatic hydroxyl groups is 1. The van der Waals surface area contributed by atoms with Crippen LogP contribution in [0.4, 0.5) is 0 Å². The predicted molar refractivity (Wildman–Crippen MR) is 47.5 cm³/mol. The van der Waals surface area contributed by atoms with Crippen LogP contribution in [-0.4, -0.2) is 87.1 Å². The normalized spacial score (nSPS) is 12.4. The summed E-state index contributed by atoms with van der Waals surface area (Å²) in [4.78, 5) is 31.0. The van der Waals surface area contributed by atoms with Crippen LogP contribution < -0.4 is 0 Å². The summed E-state index contributed by atoms with van der Waals surface area (Å²) in [5, 5.41) is 8.21. The molecule has 0 aromatic carbocycles. The SMILES string of the molecule is O=P(O)(O)OP(=O)(O)O.OC[CH]([Na])[Na]. The van der Waals surface area contributed by atoms with E-state index < -0.39 is 15.6 Å². The van der Waals surface area contributed by atoms with Gasteiger partial charge in [-0.15, -0.1) is 0 Å². The third-order valence-electron chi connectivity index (χ3n) is 0.578. The summed E-state index contributed by atoms with van der Waals surface area (Å²) in [5.41, 5.74) is 0. The maximum absolute atomic E-state index is 9.63. The summed E-state index contributed by atoms with van der Waals surface area (Å²) in [6.07, 6.45) is 0. The molecule has 0 aliphatic heterocycles. The monoisotopic (exact) mass is 268 g/mol. The van der Waals surface area contributed by atoms with Crippen molar-refractivity contribution >= 4 is 71.5 Å². The first-order valence-electron chi connectivity index (χ1n) is 3.41. The van der Waals surface area contributed by atoms with Crippen molar-refractivity contribution in [1.82, 2.24) is 0 Å². The van der Waals surface area contributed by atoms with Gasteiger partial charge >= 0.3 is 83.6 Å². The molecule has 0 saturated heterocycles. The van der Waals surface area contributed by atoms with Gasteiger partial charge in [0.05, 0.1) is 0 Å². The summed E-state index contributed by atoms with van der Waals surface area (Å²) in [6, 6.07) is 0. The topological polar surface area (TPSA) is 145 Å². The number of phosphoric acid groups is 2. The van der Waals surface area contributed by atoms with E-state index in [0.29, 0.717) is 6.61 Å². The molecule has 0 fully saturated rings. The first-order valence-corrected chi connectivity index (χ1v) is 8.78. The fourth-order valence-electron chi connectivity index (χ4n) is 0.139. The Labute approximate surface area is 115 Å². The minimum atomic E-state index is -5.05. The molecule has 12 heteroatoms. The average molecular weight is 268 g/mol. The second-order valence-corrected chi connectivity index (χ2v) is 11.5. The molecule has 0 unspecified atom stereocenters. The summed E-state index contributed by atoms with van der Waals surface area (Å²) in [7, 11) is -10.1. The van der Waals surface area contributed by atoms with Gasteiger partial charge in [-0.1, -0.05) is 0 Å². The molecule has 0 bridgehead atoms. The van der Waals surface area contributed by atoms with Crippen molar-refractivity contribution < 1.29 is 38.1 Å². The zero-order valence-electron chi connectivity index (χ0n) is 7.64. The number of hydrogen-bond acceptors (Lipinski definition) is 4. The van der Waals surface area contributed by atoms with Crippen molar-refractivity contribution in [2.45, 2.75) is 0.417 Å².